The topological polar surface area (TPSA) is 68.9 Å². The average Bonchev–Trinajstić information content (AvgIpc) is 2.73. The molecule has 1 aliphatic rings. The molecule has 6 heteroatoms. The summed E-state index contributed by atoms with van der Waals surface area (Å²) in [5, 5.41) is 7.20. The molecule has 0 atom stereocenters. The Morgan fingerprint density at radius 2 is 2.12 bits per heavy atom. The highest BCUT2D eigenvalue weighted by Crippen LogP contribution is 2.18. The van der Waals surface area contributed by atoms with Crippen molar-refractivity contribution in [1.82, 2.24) is 14.3 Å². The third-order valence-corrected chi connectivity index (χ3v) is 4.41. The van der Waals surface area contributed by atoms with Gasteiger partial charge in [0.2, 0.25) is 5.91 Å². The van der Waals surface area contributed by atoms with Crippen LogP contribution >= 0.6 is 0 Å². The Labute approximate surface area is 141 Å². The van der Waals surface area contributed by atoms with E-state index in [-0.39, 0.29) is 18.1 Å². The lowest BCUT2D eigenvalue weighted by Gasteiger charge is -2.09. The van der Waals surface area contributed by atoms with E-state index in [1.54, 1.807) is 4.57 Å². The molecule has 1 amide bonds. The molecule has 0 radical (unpaired) electrons. The van der Waals surface area contributed by atoms with Crippen LogP contribution in [0.4, 0.5) is 5.69 Å². The number of nitrogens with zero attached hydrogens (tertiary/aromatic N) is 3. The van der Waals surface area contributed by atoms with Crippen molar-refractivity contribution in [3.63, 3.8) is 0 Å². The molecular weight excluding hydrogens is 304 g/mol. The van der Waals surface area contributed by atoms with Gasteiger partial charge < -0.3 is 5.32 Å². The van der Waals surface area contributed by atoms with Gasteiger partial charge in [0.15, 0.2) is 0 Å². The van der Waals surface area contributed by atoms with Crippen LogP contribution in [0.2, 0.25) is 0 Å². The highest BCUT2D eigenvalue weighted by molar-refractivity contribution is 5.90. The number of rotatable bonds is 4. The Kier molecular flexibility index (Phi) is 4.83. The van der Waals surface area contributed by atoms with Gasteiger partial charge in [-0.3, -0.25) is 9.36 Å². The number of hydrogen-bond donors (Lipinski definition) is 1. The van der Waals surface area contributed by atoms with Crippen LogP contribution in [0.3, 0.4) is 0 Å². The molecule has 6 nitrogen and oxygen atoms in total. The largest absolute Gasteiger partial charge is 0.346 e. The fourth-order valence-electron chi connectivity index (χ4n) is 3.04. The smallest absolute Gasteiger partial charge is 0.324 e. The van der Waals surface area contributed by atoms with Gasteiger partial charge in [-0.05, 0) is 36.5 Å². The van der Waals surface area contributed by atoms with Crippen molar-refractivity contribution in [2.24, 2.45) is 0 Å². The van der Waals surface area contributed by atoms with Gasteiger partial charge >= 0.3 is 5.69 Å². The first kappa shape index (κ1) is 16.5. The van der Waals surface area contributed by atoms with Gasteiger partial charge in [0.1, 0.15) is 12.4 Å². The summed E-state index contributed by atoms with van der Waals surface area (Å²) in [6, 6.07) is 7.79. The summed E-state index contributed by atoms with van der Waals surface area (Å²) in [6.07, 6.45) is 3.97. The first-order valence-corrected chi connectivity index (χ1v) is 8.61. The summed E-state index contributed by atoms with van der Waals surface area (Å²) in [7, 11) is 0. The number of fused-ring (bicyclic) bond motifs is 1. The van der Waals surface area contributed by atoms with Crippen LogP contribution in [0.25, 0.3) is 0 Å². The summed E-state index contributed by atoms with van der Waals surface area (Å²) in [5.41, 5.74) is 1.73. The molecule has 0 bridgehead atoms. The fourth-order valence-corrected chi connectivity index (χ4v) is 3.04. The molecule has 1 aromatic carbocycles. The van der Waals surface area contributed by atoms with E-state index in [1.807, 2.05) is 24.3 Å². The van der Waals surface area contributed by atoms with Gasteiger partial charge in [-0.15, -0.1) is 0 Å². The number of benzene rings is 1. The molecule has 0 saturated heterocycles. The number of anilines is 1. The lowest BCUT2D eigenvalue weighted by Crippen LogP contribution is -2.30. The number of aromatic nitrogens is 3. The molecule has 1 N–H and O–H groups in total. The standard InChI is InChI=1S/C18H24N4O2/c1-13(2)14-7-6-8-15(11-14)19-17(23)12-22-18(24)21-10-5-3-4-9-16(21)20-22/h6-8,11,13H,3-5,9-10,12H2,1-2H3,(H,19,23). The van der Waals surface area contributed by atoms with Crippen LogP contribution in [0.1, 0.15) is 50.4 Å². The number of carbonyl (C=O) groups excluding carboxylic acids is 1. The minimum absolute atomic E-state index is 0.0509. The van der Waals surface area contributed by atoms with E-state index < -0.39 is 0 Å². The third kappa shape index (κ3) is 3.58. The summed E-state index contributed by atoms with van der Waals surface area (Å²) >= 11 is 0. The van der Waals surface area contributed by atoms with Crippen LogP contribution in [-0.4, -0.2) is 20.3 Å². The van der Waals surface area contributed by atoms with Crippen LogP contribution in [0.5, 0.6) is 0 Å². The van der Waals surface area contributed by atoms with E-state index >= 15 is 0 Å². The minimum Gasteiger partial charge on any atom is -0.324 e. The van der Waals surface area contributed by atoms with Crippen molar-refractivity contribution < 1.29 is 4.79 Å². The fraction of sp³-hybridized carbons (Fsp3) is 0.500. The van der Waals surface area contributed by atoms with Crippen molar-refractivity contribution in [2.45, 2.75) is 58.5 Å². The molecule has 2 aromatic rings. The van der Waals surface area contributed by atoms with Crippen molar-refractivity contribution in [2.75, 3.05) is 5.32 Å². The number of amides is 1. The Morgan fingerprint density at radius 3 is 2.92 bits per heavy atom. The first-order valence-electron chi connectivity index (χ1n) is 8.61. The lowest BCUT2D eigenvalue weighted by atomic mass is 10.0. The van der Waals surface area contributed by atoms with Crippen LogP contribution in [-0.2, 0) is 24.3 Å². The van der Waals surface area contributed by atoms with Crippen LogP contribution < -0.4 is 11.0 Å². The Bertz CT molecular complexity index is 789. The number of nitrogens with one attached hydrogen (secondary N) is 1. The van der Waals surface area contributed by atoms with E-state index in [2.05, 4.69) is 24.3 Å². The molecule has 0 spiro atoms. The average molecular weight is 328 g/mol. The molecule has 0 fully saturated rings. The van der Waals surface area contributed by atoms with E-state index in [0.717, 1.165) is 37.2 Å². The molecule has 3 rings (SSSR count). The normalized spacial score (nSPS) is 14.3. The van der Waals surface area contributed by atoms with E-state index in [0.29, 0.717) is 12.5 Å². The van der Waals surface area contributed by atoms with Crippen molar-refractivity contribution in [3.05, 3.63) is 46.1 Å². The lowest BCUT2D eigenvalue weighted by molar-refractivity contribution is -0.117. The maximum atomic E-state index is 12.4. The summed E-state index contributed by atoms with van der Waals surface area (Å²) < 4.78 is 2.99. The molecule has 128 valence electrons. The summed E-state index contributed by atoms with van der Waals surface area (Å²) in [5.74, 6) is 0.964. The Morgan fingerprint density at radius 1 is 1.29 bits per heavy atom. The maximum absolute atomic E-state index is 12.4. The van der Waals surface area contributed by atoms with Crippen LogP contribution in [0, 0.1) is 0 Å². The highest BCUT2D eigenvalue weighted by atomic mass is 16.2. The van der Waals surface area contributed by atoms with E-state index in [1.165, 1.54) is 10.2 Å². The quantitative estimate of drug-likeness (QED) is 0.938. The molecular formula is C18H24N4O2. The third-order valence-electron chi connectivity index (χ3n) is 4.41. The monoisotopic (exact) mass is 328 g/mol. The first-order chi connectivity index (χ1) is 11.5. The van der Waals surface area contributed by atoms with Crippen molar-refractivity contribution >= 4 is 11.6 Å². The second kappa shape index (κ2) is 7.03. The summed E-state index contributed by atoms with van der Waals surface area (Å²) in [4.78, 5) is 24.7. The predicted octanol–water partition coefficient (Wildman–Crippen LogP) is 2.53. The SMILES string of the molecule is CC(C)c1cccc(NC(=O)Cn2nc3n(c2=O)CCCCC3)c1. The maximum Gasteiger partial charge on any atom is 0.346 e. The molecule has 24 heavy (non-hydrogen) atoms. The molecule has 1 aromatic heterocycles. The number of aryl methyl sites for hydroxylation is 1. The van der Waals surface area contributed by atoms with Gasteiger partial charge in [-0.1, -0.05) is 32.4 Å². The Hall–Kier alpha value is -2.37. The minimum atomic E-state index is -0.230. The molecule has 0 aliphatic carbocycles. The van der Waals surface area contributed by atoms with Gasteiger partial charge in [0.25, 0.3) is 0 Å². The van der Waals surface area contributed by atoms with E-state index in [9.17, 15) is 9.59 Å². The number of hydrogen-bond acceptors (Lipinski definition) is 3. The molecule has 0 saturated carbocycles. The highest BCUT2D eigenvalue weighted by Gasteiger charge is 2.17. The predicted molar refractivity (Wildman–Crippen MR) is 93.2 cm³/mol. The van der Waals surface area contributed by atoms with Crippen LogP contribution in [0.15, 0.2) is 29.1 Å². The zero-order chi connectivity index (χ0) is 17.1. The van der Waals surface area contributed by atoms with Gasteiger partial charge in [-0.25, -0.2) is 9.48 Å². The van der Waals surface area contributed by atoms with E-state index in [4.69, 9.17) is 0 Å². The Balaban J connectivity index is 1.71. The zero-order valence-electron chi connectivity index (χ0n) is 14.3. The second-order valence-corrected chi connectivity index (χ2v) is 6.65. The molecule has 2 heterocycles. The molecule has 1 aliphatic heterocycles. The molecule has 0 unspecified atom stereocenters. The van der Waals surface area contributed by atoms with Gasteiger partial charge in [-0.2, -0.15) is 5.10 Å². The van der Waals surface area contributed by atoms with Crippen molar-refractivity contribution in [3.8, 4) is 0 Å². The number of carbonyl (C=O) groups is 1. The summed E-state index contributed by atoms with van der Waals surface area (Å²) in [6.45, 7) is 4.87. The van der Waals surface area contributed by atoms with Gasteiger partial charge in [0.05, 0.1) is 0 Å². The zero-order valence-corrected chi connectivity index (χ0v) is 14.3. The van der Waals surface area contributed by atoms with Crippen molar-refractivity contribution in [1.29, 1.82) is 0 Å². The van der Waals surface area contributed by atoms with Gasteiger partial charge in [0, 0.05) is 18.7 Å². The second-order valence-electron chi connectivity index (χ2n) is 6.65.